The molecule has 1 saturated heterocycles. The summed E-state index contributed by atoms with van der Waals surface area (Å²) in [5.74, 6) is 0.0695. The first-order chi connectivity index (χ1) is 12.2. The minimum Gasteiger partial charge on any atom is -0.383 e. The summed E-state index contributed by atoms with van der Waals surface area (Å²) < 4.78 is 5.19. The number of aromatic nitrogens is 1. The Balaban J connectivity index is 1.52. The molecule has 1 amide bonds. The van der Waals surface area contributed by atoms with Crippen LogP contribution in [0.15, 0.2) is 24.3 Å². The fourth-order valence-electron chi connectivity index (χ4n) is 3.49. The molecule has 3 heterocycles. The average molecular weight is 354 g/mol. The molecule has 7 heteroatoms. The number of rotatable bonds is 4. The number of nitrogens with zero attached hydrogens (tertiary/aromatic N) is 3. The Kier molecular flexibility index (Phi) is 4.25. The van der Waals surface area contributed by atoms with Gasteiger partial charge in [0, 0.05) is 31.3 Å². The minimum absolute atomic E-state index is 0.0695. The molecule has 1 N–H and O–H groups in total. The maximum atomic E-state index is 12.8. The van der Waals surface area contributed by atoms with E-state index < -0.39 is 0 Å². The van der Waals surface area contributed by atoms with Gasteiger partial charge in [-0.05, 0) is 18.6 Å². The van der Waals surface area contributed by atoms with Crippen LogP contribution < -0.4 is 5.32 Å². The molecule has 0 unspecified atom stereocenters. The van der Waals surface area contributed by atoms with E-state index in [-0.39, 0.29) is 11.9 Å². The zero-order valence-electron chi connectivity index (χ0n) is 13.9. The van der Waals surface area contributed by atoms with Crippen LogP contribution in [-0.4, -0.2) is 48.1 Å². The lowest BCUT2D eigenvalue weighted by atomic mass is 10.1. The second-order valence-corrected chi connectivity index (χ2v) is 7.37. The Bertz CT molecular complexity index is 857. The molecule has 2 aliphatic heterocycles. The largest absolute Gasteiger partial charge is 0.383 e. The van der Waals surface area contributed by atoms with Crippen LogP contribution in [0.25, 0.3) is 10.6 Å². The fourth-order valence-corrected chi connectivity index (χ4v) is 4.52. The highest BCUT2D eigenvalue weighted by Crippen LogP contribution is 2.35. The van der Waals surface area contributed by atoms with E-state index in [0.29, 0.717) is 24.8 Å². The number of thiazole rings is 1. The summed E-state index contributed by atoms with van der Waals surface area (Å²) in [6, 6.07) is 9.98. The van der Waals surface area contributed by atoms with Gasteiger partial charge in [-0.15, -0.1) is 11.3 Å². The van der Waals surface area contributed by atoms with Crippen molar-refractivity contribution in [3.63, 3.8) is 0 Å². The van der Waals surface area contributed by atoms with Gasteiger partial charge in [0.05, 0.1) is 30.5 Å². The Morgan fingerprint density at radius 1 is 1.52 bits per heavy atom. The maximum absolute atomic E-state index is 12.8. The highest BCUT2D eigenvalue weighted by Gasteiger charge is 2.39. The van der Waals surface area contributed by atoms with Crippen LogP contribution in [0.1, 0.15) is 27.3 Å². The lowest BCUT2D eigenvalue weighted by molar-refractivity contribution is 0.0714. The average Bonchev–Trinajstić information content (AvgIpc) is 3.32. The van der Waals surface area contributed by atoms with E-state index in [1.54, 1.807) is 13.2 Å². The van der Waals surface area contributed by atoms with Crippen molar-refractivity contribution in [3.05, 3.63) is 40.4 Å². The van der Waals surface area contributed by atoms with Crippen LogP contribution in [0, 0.1) is 11.3 Å². The van der Waals surface area contributed by atoms with Gasteiger partial charge in [-0.2, -0.15) is 5.26 Å². The molecule has 2 aromatic rings. The second-order valence-electron chi connectivity index (χ2n) is 6.37. The van der Waals surface area contributed by atoms with Gasteiger partial charge in [0.25, 0.3) is 5.91 Å². The first-order valence-corrected chi connectivity index (χ1v) is 9.04. The number of hydrogen-bond acceptors (Lipinski definition) is 6. The first kappa shape index (κ1) is 16.2. The predicted molar refractivity (Wildman–Crippen MR) is 94.2 cm³/mol. The third-order valence-corrected chi connectivity index (χ3v) is 5.85. The normalized spacial score (nSPS) is 22.2. The van der Waals surface area contributed by atoms with Crippen molar-refractivity contribution in [2.45, 2.75) is 25.0 Å². The molecular weight excluding hydrogens is 336 g/mol. The van der Waals surface area contributed by atoms with Crippen LogP contribution in [0.4, 0.5) is 0 Å². The Morgan fingerprint density at radius 2 is 2.40 bits per heavy atom. The van der Waals surface area contributed by atoms with Crippen molar-refractivity contribution in [2.24, 2.45) is 0 Å². The van der Waals surface area contributed by atoms with Gasteiger partial charge in [0.1, 0.15) is 9.88 Å². The lowest BCUT2D eigenvalue weighted by Gasteiger charge is -2.23. The number of nitrogens with one attached hydrogen (secondary N) is 1. The first-order valence-electron chi connectivity index (χ1n) is 8.23. The van der Waals surface area contributed by atoms with Gasteiger partial charge < -0.3 is 15.0 Å². The molecule has 1 aromatic carbocycles. The number of ether oxygens (including phenoxy) is 1. The molecule has 0 aliphatic carbocycles. The fraction of sp³-hybridized carbons (Fsp3) is 0.389. The lowest BCUT2D eigenvalue weighted by Crippen LogP contribution is -2.36. The Labute approximate surface area is 150 Å². The molecule has 128 valence electrons. The molecule has 4 rings (SSSR count). The van der Waals surface area contributed by atoms with Crippen molar-refractivity contribution < 1.29 is 9.53 Å². The van der Waals surface area contributed by atoms with Crippen molar-refractivity contribution in [1.29, 1.82) is 5.26 Å². The number of nitriles is 1. The summed E-state index contributed by atoms with van der Waals surface area (Å²) >= 11 is 1.42. The molecule has 0 bridgehead atoms. The summed E-state index contributed by atoms with van der Waals surface area (Å²) in [6.07, 6.45) is 0.908. The number of benzene rings is 1. The number of amides is 1. The quantitative estimate of drug-likeness (QED) is 0.909. The smallest absolute Gasteiger partial charge is 0.266 e. The summed E-state index contributed by atoms with van der Waals surface area (Å²) in [5, 5.41) is 13.3. The zero-order valence-corrected chi connectivity index (χ0v) is 14.7. The summed E-state index contributed by atoms with van der Waals surface area (Å²) in [5.41, 5.74) is 2.34. The van der Waals surface area contributed by atoms with E-state index in [9.17, 15) is 4.79 Å². The van der Waals surface area contributed by atoms with Crippen molar-refractivity contribution in [2.75, 3.05) is 20.3 Å². The molecule has 25 heavy (non-hydrogen) atoms. The van der Waals surface area contributed by atoms with Gasteiger partial charge in [-0.25, -0.2) is 4.98 Å². The zero-order chi connectivity index (χ0) is 17.4. The third-order valence-electron chi connectivity index (χ3n) is 4.72. The van der Waals surface area contributed by atoms with Gasteiger partial charge in [0.2, 0.25) is 0 Å². The predicted octanol–water partition coefficient (Wildman–Crippen LogP) is 2.01. The molecule has 1 aromatic heterocycles. The molecule has 1 fully saturated rings. The molecule has 0 radical (unpaired) electrons. The van der Waals surface area contributed by atoms with Gasteiger partial charge >= 0.3 is 0 Å². The highest BCUT2D eigenvalue weighted by atomic mass is 32.1. The Hall–Kier alpha value is -2.27. The standard InChI is InChI=1S/C18H18N4O2S/c1-24-10-13-6-14(8-20-13)22-9-15-16(18(22)23)25-17(21-15)12-4-2-3-11(5-12)7-19/h2-5,13-14,20H,6,8-10H2,1H3/t13-,14+/m0/s1. The topological polar surface area (TPSA) is 78.2 Å². The molecule has 6 nitrogen and oxygen atoms in total. The summed E-state index contributed by atoms with van der Waals surface area (Å²) in [4.78, 5) is 20.1. The van der Waals surface area contributed by atoms with Gasteiger partial charge in [-0.3, -0.25) is 4.79 Å². The van der Waals surface area contributed by atoms with Crippen LogP contribution in [0.5, 0.6) is 0 Å². The van der Waals surface area contributed by atoms with Gasteiger partial charge in [-0.1, -0.05) is 12.1 Å². The van der Waals surface area contributed by atoms with Crippen LogP contribution in [0.2, 0.25) is 0 Å². The molecule has 0 saturated carbocycles. The highest BCUT2D eigenvalue weighted by molar-refractivity contribution is 7.17. The van der Waals surface area contributed by atoms with E-state index in [1.165, 1.54) is 11.3 Å². The second kappa shape index (κ2) is 6.56. The van der Waals surface area contributed by atoms with Gasteiger partial charge in [0.15, 0.2) is 0 Å². The number of carbonyl (C=O) groups excluding carboxylic acids is 1. The van der Waals surface area contributed by atoms with Crippen LogP contribution >= 0.6 is 11.3 Å². The third kappa shape index (κ3) is 2.93. The van der Waals surface area contributed by atoms with E-state index in [1.807, 2.05) is 23.1 Å². The summed E-state index contributed by atoms with van der Waals surface area (Å²) in [6.45, 7) is 2.03. The van der Waals surface area contributed by atoms with Crippen LogP contribution in [0.3, 0.4) is 0 Å². The monoisotopic (exact) mass is 354 g/mol. The number of methoxy groups -OCH3 is 1. The van der Waals surface area contributed by atoms with Crippen molar-refractivity contribution >= 4 is 17.2 Å². The molecular formula is C18H18N4O2S. The SMILES string of the molecule is COC[C@@H]1C[C@@H](N2Cc3nc(-c4cccc(C#N)c4)sc3C2=O)CN1. The molecule has 0 spiro atoms. The Morgan fingerprint density at radius 3 is 3.16 bits per heavy atom. The molecule has 2 aliphatic rings. The van der Waals surface area contributed by atoms with E-state index in [2.05, 4.69) is 16.4 Å². The van der Waals surface area contributed by atoms with E-state index in [0.717, 1.165) is 34.1 Å². The number of carbonyl (C=O) groups is 1. The minimum atomic E-state index is 0.0695. The van der Waals surface area contributed by atoms with E-state index >= 15 is 0 Å². The van der Waals surface area contributed by atoms with Crippen LogP contribution in [-0.2, 0) is 11.3 Å². The van der Waals surface area contributed by atoms with Crippen molar-refractivity contribution in [1.82, 2.24) is 15.2 Å². The number of fused-ring (bicyclic) bond motifs is 1. The summed E-state index contributed by atoms with van der Waals surface area (Å²) in [7, 11) is 1.69. The number of hydrogen-bond donors (Lipinski definition) is 1. The van der Waals surface area contributed by atoms with E-state index in [4.69, 9.17) is 10.00 Å². The molecule has 2 atom stereocenters. The maximum Gasteiger partial charge on any atom is 0.266 e. The van der Waals surface area contributed by atoms with Crippen molar-refractivity contribution in [3.8, 4) is 16.6 Å².